The lowest BCUT2D eigenvalue weighted by Crippen LogP contribution is -2.31. The molecular weight excluding hydrogens is 292 g/mol. The minimum absolute atomic E-state index is 0.0697. The second-order valence-corrected chi connectivity index (χ2v) is 6.51. The van der Waals surface area contributed by atoms with Crippen molar-refractivity contribution in [2.45, 2.75) is 19.9 Å². The first-order valence-electron chi connectivity index (χ1n) is 6.91. The predicted octanol–water partition coefficient (Wildman–Crippen LogP) is 1.12. The molecular formula is C14H24N2O4S. The fraction of sp³-hybridized carbons (Fsp3) is 0.571. The summed E-state index contributed by atoms with van der Waals surface area (Å²) in [6.45, 7) is 3.55. The number of nitrogens with one attached hydrogen (secondary N) is 2. The summed E-state index contributed by atoms with van der Waals surface area (Å²) in [6, 6.07) is 5.32. The first-order chi connectivity index (χ1) is 10.0. The largest absolute Gasteiger partial charge is 0.493 e. The fourth-order valence-corrected chi connectivity index (χ4v) is 2.71. The average Bonchev–Trinajstić information content (AvgIpc) is 2.49. The molecule has 0 fully saturated rings. The van der Waals surface area contributed by atoms with Gasteiger partial charge in [-0.3, -0.25) is 0 Å². The standard InChI is InChI=1S/C14H24N2O4S/c1-4-7-15-8-9-21(17,18)16-11-12-5-6-13(19-2)14(10-12)20-3/h5-6,10,15-16H,4,7-9,11H2,1-3H3. The van der Waals surface area contributed by atoms with Crippen molar-refractivity contribution in [1.82, 2.24) is 10.0 Å². The van der Waals surface area contributed by atoms with Crippen molar-refractivity contribution in [3.8, 4) is 11.5 Å². The summed E-state index contributed by atoms with van der Waals surface area (Å²) >= 11 is 0. The molecule has 0 amide bonds. The number of methoxy groups -OCH3 is 2. The number of hydrogen-bond acceptors (Lipinski definition) is 5. The molecule has 0 heterocycles. The number of hydrogen-bond donors (Lipinski definition) is 2. The molecule has 7 heteroatoms. The normalized spacial score (nSPS) is 11.4. The summed E-state index contributed by atoms with van der Waals surface area (Å²) in [7, 11) is -0.174. The van der Waals surface area contributed by atoms with Crippen LogP contribution in [0.4, 0.5) is 0 Å². The van der Waals surface area contributed by atoms with Crippen LogP contribution in [0.1, 0.15) is 18.9 Å². The lowest BCUT2D eigenvalue weighted by Gasteiger charge is -2.11. The van der Waals surface area contributed by atoms with Gasteiger partial charge in [0, 0.05) is 13.1 Å². The van der Waals surface area contributed by atoms with Crippen LogP contribution in [0.2, 0.25) is 0 Å². The number of rotatable bonds is 10. The number of ether oxygens (including phenoxy) is 2. The van der Waals surface area contributed by atoms with E-state index in [1.165, 1.54) is 0 Å². The Morgan fingerprint density at radius 2 is 1.81 bits per heavy atom. The van der Waals surface area contributed by atoms with E-state index in [9.17, 15) is 8.42 Å². The van der Waals surface area contributed by atoms with Crippen molar-refractivity contribution < 1.29 is 17.9 Å². The third kappa shape index (κ3) is 6.33. The summed E-state index contributed by atoms with van der Waals surface area (Å²) in [6.07, 6.45) is 0.985. The van der Waals surface area contributed by atoms with E-state index in [0.29, 0.717) is 18.0 Å². The molecule has 0 aliphatic rings. The van der Waals surface area contributed by atoms with Gasteiger partial charge < -0.3 is 14.8 Å². The zero-order valence-electron chi connectivity index (χ0n) is 12.8. The lowest BCUT2D eigenvalue weighted by atomic mass is 10.2. The van der Waals surface area contributed by atoms with E-state index in [4.69, 9.17) is 9.47 Å². The van der Waals surface area contributed by atoms with E-state index < -0.39 is 10.0 Å². The smallest absolute Gasteiger partial charge is 0.213 e. The molecule has 0 aromatic heterocycles. The van der Waals surface area contributed by atoms with E-state index in [2.05, 4.69) is 10.0 Å². The van der Waals surface area contributed by atoms with Gasteiger partial charge in [-0.1, -0.05) is 13.0 Å². The highest BCUT2D eigenvalue weighted by Gasteiger charge is 2.10. The number of benzene rings is 1. The first kappa shape index (κ1) is 17.7. The lowest BCUT2D eigenvalue weighted by molar-refractivity contribution is 0.354. The van der Waals surface area contributed by atoms with Crippen LogP contribution in [0.15, 0.2) is 18.2 Å². The Kier molecular flexibility index (Phi) is 7.49. The molecule has 1 aromatic carbocycles. The van der Waals surface area contributed by atoms with Gasteiger partial charge in [0.05, 0.1) is 20.0 Å². The molecule has 6 nitrogen and oxygen atoms in total. The molecule has 0 saturated carbocycles. The third-order valence-corrected chi connectivity index (χ3v) is 4.24. The molecule has 0 radical (unpaired) electrons. The Morgan fingerprint density at radius 1 is 1.10 bits per heavy atom. The molecule has 21 heavy (non-hydrogen) atoms. The van der Waals surface area contributed by atoms with Crippen LogP contribution in [0.25, 0.3) is 0 Å². The Labute approximate surface area is 126 Å². The van der Waals surface area contributed by atoms with Gasteiger partial charge in [-0.15, -0.1) is 0 Å². The van der Waals surface area contributed by atoms with E-state index in [1.807, 2.05) is 6.92 Å². The minimum Gasteiger partial charge on any atom is -0.493 e. The van der Waals surface area contributed by atoms with Gasteiger partial charge in [0.15, 0.2) is 11.5 Å². The molecule has 0 aliphatic carbocycles. The van der Waals surface area contributed by atoms with Crippen LogP contribution in [-0.2, 0) is 16.6 Å². The molecule has 1 aromatic rings. The van der Waals surface area contributed by atoms with Crippen molar-refractivity contribution in [2.24, 2.45) is 0 Å². The molecule has 120 valence electrons. The molecule has 0 atom stereocenters. The van der Waals surface area contributed by atoms with Crippen molar-refractivity contribution in [2.75, 3.05) is 33.1 Å². The fourth-order valence-electron chi connectivity index (χ4n) is 1.76. The maximum Gasteiger partial charge on any atom is 0.213 e. The minimum atomic E-state index is -3.28. The van der Waals surface area contributed by atoms with Gasteiger partial charge in [0.1, 0.15) is 0 Å². The summed E-state index contributed by atoms with van der Waals surface area (Å²) in [5, 5.41) is 3.07. The van der Waals surface area contributed by atoms with Crippen molar-refractivity contribution in [3.63, 3.8) is 0 Å². The highest BCUT2D eigenvalue weighted by molar-refractivity contribution is 7.89. The second-order valence-electron chi connectivity index (χ2n) is 4.58. The third-order valence-electron chi connectivity index (χ3n) is 2.92. The van der Waals surface area contributed by atoms with Crippen LogP contribution < -0.4 is 19.5 Å². The molecule has 0 saturated heterocycles. The SMILES string of the molecule is CCCNCCS(=O)(=O)NCc1ccc(OC)c(OC)c1. The van der Waals surface area contributed by atoms with E-state index in [1.54, 1.807) is 32.4 Å². The van der Waals surface area contributed by atoms with Crippen LogP contribution in [0, 0.1) is 0 Å². The Balaban J connectivity index is 2.54. The van der Waals surface area contributed by atoms with Crippen molar-refractivity contribution >= 4 is 10.0 Å². The molecule has 1 rings (SSSR count). The Morgan fingerprint density at radius 3 is 2.43 bits per heavy atom. The van der Waals surface area contributed by atoms with E-state index in [-0.39, 0.29) is 12.3 Å². The topological polar surface area (TPSA) is 76.7 Å². The maximum atomic E-state index is 11.8. The maximum absolute atomic E-state index is 11.8. The summed E-state index contributed by atoms with van der Waals surface area (Å²) in [4.78, 5) is 0. The van der Waals surface area contributed by atoms with Crippen LogP contribution in [0.3, 0.4) is 0 Å². The van der Waals surface area contributed by atoms with Crippen LogP contribution >= 0.6 is 0 Å². The van der Waals surface area contributed by atoms with Gasteiger partial charge in [0.2, 0.25) is 10.0 Å². The molecule has 0 unspecified atom stereocenters. The summed E-state index contributed by atoms with van der Waals surface area (Å²) in [5.74, 6) is 1.27. The summed E-state index contributed by atoms with van der Waals surface area (Å²) in [5.41, 5.74) is 0.817. The van der Waals surface area contributed by atoms with Gasteiger partial charge >= 0.3 is 0 Å². The van der Waals surface area contributed by atoms with E-state index >= 15 is 0 Å². The van der Waals surface area contributed by atoms with Crippen LogP contribution in [-0.4, -0.2) is 41.5 Å². The quantitative estimate of drug-likeness (QED) is 0.633. The zero-order valence-corrected chi connectivity index (χ0v) is 13.6. The molecule has 0 aliphatic heterocycles. The average molecular weight is 316 g/mol. The second kappa shape index (κ2) is 8.86. The molecule has 0 bridgehead atoms. The molecule has 0 spiro atoms. The monoisotopic (exact) mass is 316 g/mol. The summed E-state index contributed by atoms with van der Waals surface area (Å²) < 4.78 is 36.6. The Hall–Kier alpha value is -1.31. The molecule has 2 N–H and O–H groups in total. The van der Waals surface area contributed by atoms with E-state index in [0.717, 1.165) is 18.5 Å². The number of sulfonamides is 1. The van der Waals surface area contributed by atoms with Crippen LogP contribution in [0.5, 0.6) is 11.5 Å². The zero-order chi connectivity index (χ0) is 15.7. The van der Waals surface area contributed by atoms with Crippen molar-refractivity contribution in [3.05, 3.63) is 23.8 Å². The first-order valence-corrected chi connectivity index (χ1v) is 8.56. The van der Waals surface area contributed by atoms with Gasteiger partial charge in [-0.05, 0) is 30.7 Å². The van der Waals surface area contributed by atoms with Crippen molar-refractivity contribution in [1.29, 1.82) is 0 Å². The highest BCUT2D eigenvalue weighted by atomic mass is 32.2. The van der Waals surface area contributed by atoms with Gasteiger partial charge in [-0.2, -0.15) is 0 Å². The van der Waals surface area contributed by atoms with Gasteiger partial charge in [-0.25, -0.2) is 13.1 Å². The highest BCUT2D eigenvalue weighted by Crippen LogP contribution is 2.27. The van der Waals surface area contributed by atoms with Gasteiger partial charge in [0.25, 0.3) is 0 Å². The Bertz CT molecular complexity index is 532. The predicted molar refractivity (Wildman–Crippen MR) is 83.3 cm³/mol.